The van der Waals surface area contributed by atoms with E-state index >= 15 is 0 Å². The number of rotatable bonds is 1. The highest BCUT2D eigenvalue weighted by Gasteiger charge is 2.27. The van der Waals surface area contributed by atoms with Gasteiger partial charge in [-0.25, -0.2) is 0 Å². The lowest BCUT2D eigenvalue weighted by Crippen LogP contribution is -2.23. The molecule has 80 valence electrons. The molecular weight excluding hydrogens is 168 g/mol. The molecule has 14 heavy (non-hydrogen) atoms. The van der Waals surface area contributed by atoms with Crippen molar-refractivity contribution in [1.82, 2.24) is 0 Å². The number of allylic oxidation sites excluding steroid dienone is 1. The van der Waals surface area contributed by atoms with Gasteiger partial charge in [-0.2, -0.15) is 0 Å². The average molecular weight is 192 g/mol. The van der Waals surface area contributed by atoms with Crippen LogP contribution in [0.5, 0.6) is 0 Å². The molecule has 0 aromatic carbocycles. The van der Waals surface area contributed by atoms with Gasteiger partial charge in [0.1, 0.15) is 0 Å². The van der Waals surface area contributed by atoms with E-state index in [9.17, 15) is 0 Å². The summed E-state index contributed by atoms with van der Waals surface area (Å²) >= 11 is 0. The van der Waals surface area contributed by atoms with Crippen molar-refractivity contribution in [3.63, 3.8) is 0 Å². The summed E-state index contributed by atoms with van der Waals surface area (Å²) in [6.45, 7) is 6.52. The topological polar surface area (TPSA) is 0 Å². The lowest BCUT2D eigenvalue weighted by atomic mass is 9.71. The van der Waals surface area contributed by atoms with Crippen molar-refractivity contribution in [2.75, 3.05) is 0 Å². The lowest BCUT2D eigenvalue weighted by molar-refractivity contribution is 0.185. The quantitative estimate of drug-likeness (QED) is 0.534. The maximum absolute atomic E-state index is 4.11. The van der Waals surface area contributed by atoms with Gasteiger partial charge >= 0.3 is 0 Å². The van der Waals surface area contributed by atoms with Crippen molar-refractivity contribution < 1.29 is 0 Å². The Balaban J connectivity index is 1.81. The number of hydrogen-bond acceptors (Lipinski definition) is 0. The fraction of sp³-hybridized carbons (Fsp3) is 0.857. The fourth-order valence-electron chi connectivity index (χ4n) is 3.28. The second kappa shape index (κ2) is 4.51. The zero-order chi connectivity index (χ0) is 9.97. The first-order chi connectivity index (χ1) is 6.75. The third kappa shape index (κ3) is 2.40. The van der Waals surface area contributed by atoms with Crippen molar-refractivity contribution in [3.05, 3.63) is 12.2 Å². The molecule has 2 aliphatic carbocycles. The van der Waals surface area contributed by atoms with E-state index in [1.54, 1.807) is 0 Å². The molecule has 0 atom stereocenters. The Hall–Kier alpha value is -0.260. The molecule has 0 heteroatoms. The fourth-order valence-corrected chi connectivity index (χ4v) is 3.28. The van der Waals surface area contributed by atoms with E-state index in [0.29, 0.717) is 0 Å². The van der Waals surface area contributed by atoms with Gasteiger partial charge in [0, 0.05) is 0 Å². The third-order valence-corrected chi connectivity index (χ3v) is 4.46. The molecule has 2 rings (SSSR count). The first kappa shape index (κ1) is 10.3. The molecule has 0 unspecified atom stereocenters. The maximum atomic E-state index is 4.11. The van der Waals surface area contributed by atoms with Gasteiger partial charge in [-0.1, -0.05) is 31.9 Å². The predicted octanol–water partition coefficient (Wildman–Crippen LogP) is 4.56. The van der Waals surface area contributed by atoms with Crippen LogP contribution in [-0.2, 0) is 0 Å². The monoisotopic (exact) mass is 192 g/mol. The molecule has 0 saturated heterocycles. The van der Waals surface area contributed by atoms with Crippen LogP contribution in [0.4, 0.5) is 0 Å². The standard InChI is InChI=1S/C14H24/c1-11-3-7-13(8-4-11)14-9-5-12(2)6-10-14/h12-14H,1,3-10H2,2H3. The molecule has 0 amide bonds. The summed E-state index contributed by atoms with van der Waals surface area (Å²) in [5.41, 5.74) is 1.51. The highest BCUT2D eigenvalue weighted by Crippen LogP contribution is 2.40. The Morgan fingerprint density at radius 2 is 1.36 bits per heavy atom. The molecule has 0 aromatic heterocycles. The molecule has 0 N–H and O–H groups in total. The molecule has 0 aliphatic heterocycles. The van der Waals surface area contributed by atoms with Crippen molar-refractivity contribution in [2.45, 2.75) is 58.3 Å². The summed E-state index contributed by atoms with van der Waals surface area (Å²) in [6.07, 6.45) is 11.5. The maximum Gasteiger partial charge on any atom is -0.0320 e. The molecule has 0 spiro atoms. The van der Waals surface area contributed by atoms with Gasteiger partial charge in [0.15, 0.2) is 0 Å². The van der Waals surface area contributed by atoms with Gasteiger partial charge in [-0.3, -0.25) is 0 Å². The summed E-state index contributed by atoms with van der Waals surface area (Å²) in [6, 6.07) is 0. The zero-order valence-corrected chi connectivity index (χ0v) is 9.60. The Kier molecular flexibility index (Phi) is 3.30. The van der Waals surface area contributed by atoms with Crippen LogP contribution >= 0.6 is 0 Å². The van der Waals surface area contributed by atoms with E-state index in [2.05, 4.69) is 13.5 Å². The molecule has 0 radical (unpaired) electrons. The Bertz CT molecular complexity index is 186. The second-order valence-corrected chi connectivity index (χ2v) is 5.61. The molecule has 2 saturated carbocycles. The van der Waals surface area contributed by atoms with Crippen molar-refractivity contribution in [2.24, 2.45) is 17.8 Å². The van der Waals surface area contributed by atoms with Gasteiger partial charge in [-0.05, 0) is 56.3 Å². The zero-order valence-electron chi connectivity index (χ0n) is 9.60. The highest BCUT2D eigenvalue weighted by molar-refractivity contribution is 4.99. The van der Waals surface area contributed by atoms with Crippen molar-refractivity contribution in [3.8, 4) is 0 Å². The minimum Gasteiger partial charge on any atom is -0.0999 e. The van der Waals surface area contributed by atoms with Gasteiger partial charge in [-0.15, -0.1) is 0 Å². The molecule has 0 nitrogen and oxygen atoms in total. The van der Waals surface area contributed by atoms with E-state index in [-0.39, 0.29) is 0 Å². The van der Waals surface area contributed by atoms with E-state index in [1.165, 1.54) is 56.9 Å². The summed E-state index contributed by atoms with van der Waals surface area (Å²) in [5.74, 6) is 3.12. The van der Waals surface area contributed by atoms with Crippen LogP contribution in [0.25, 0.3) is 0 Å². The molecule has 0 heterocycles. The molecule has 2 fully saturated rings. The van der Waals surface area contributed by atoms with Gasteiger partial charge < -0.3 is 0 Å². The van der Waals surface area contributed by atoms with Crippen LogP contribution in [0.1, 0.15) is 58.3 Å². The largest absolute Gasteiger partial charge is 0.0999 e. The SMILES string of the molecule is C=C1CCC(C2CCC(C)CC2)CC1. The van der Waals surface area contributed by atoms with Crippen LogP contribution in [0.15, 0.2) is 12.2 Å². The number of hydrogen-bond donors (Lipinski definition) is 0. The van der Waals surface area contributed by atoms with Gasteiger partial charge in [0.2, 0.25) is 0 Å². The molecule has 0 aromatic rings. The average Bonchev–Trinajstić information content (AvgIpc) is 2.21. The van der Waals surface area contributed by atoms with Gasteiger partial charge in [0.25, 0.3) is 0 Å². The van der Waals surface area contributed by atoms with Crippen LogP contribution in [0, 0.1) is 17.8 Å². The Labute approximate surface area is 88.8 Å². The minimum atomic E-state index is 1.00. The summed E-state index contributed by atoms with van der Waals surface area (Å²) in [5, 5.41) is 0. The third-order valence-electron chi connectivity index (χ3n) is 4.46. The molecular formula is C14H24. The molecule has 0 bridgehead atoms. The summed E-state index contributed by atoms with van der Waals surface area (Å²) in [4.78, 5) is 0. The first-order valence-corrected chi connectivity index (χ1v) is 6.42. The van der Waals surface area contributed by atoms with Crippen molar-refractivity contribution >= 4 is 0 Å². The van der Waals surface area contributed by atoms with Crippen LogP contribution in [-0.4, -0.2) is 0 Å². The van der Waals surface area contributed by atoms with E-state index in [4.69, 9.17) is 0 Å². The smallest absolute Gasteiger partial charge is 0.0320 e. The normalized spacial score (nSPS) is 35.9. The van der Waals surface area contributed by atoms with E-state index in [1.807, 2.05) is 0 Å². The van der Waals surface area contributed by atoms with Crippen LogP contribution in [0.3, 0.4) is 0 Å². The Morgan fingerprint density at radius 1 is 0.857 bits per heavy atom. The molecule has 2 aliphatic rings. The lowest BCUT2D eigenvalue weighted by Gasteiger charge is -2.35. The van der Waals surface area contributed by atoms with Crippen LogP contribution in [0.2, 0.25) is 0 Å². The first-order valence-electron chi connectivity index (χ1n) is 6.42. The van der Waals surface area contributed by atoms with Crippen LogP contribution < -0.4 is 0 Å². The van der Waals surface area contributed by atoms with Crippen molar-refractivity contribution in [1.29, 1.82) is 0 Å². The Morgan fingerprint density at radius 3 is 1.93 bits per heavy atom. The van der Waals surface area contributed by atoms with Gasteiger partial charge in [0.05, 0.1) is 0 Å². The second-order valence-electron chi connectivity index (χ2n) is 5.61. The van der Waals surface area contributed by atoms with E-state index in [0.717, 1.165) is 17.8 Å². The van der Waals surface area contributed by atoms with E-state index < -0.39 is 0 Å². The highest BCUT2D eigenvalue weighted by atomic mass is 14.3. The summed E-state index contributed by atoms with van der Waals surface area (Å²) < 4.78 is 0. The summed E-state index contributed by atoms with van der Waals surface area (Å²) in [7, 11) is 0. The predicted molar refractivity (Wildman–Crippen MR) is 62.2 cm³/mol. The minimum absolute atomic E-state index is 1.00.